The van der Waals surface area contributed by atoms with Crippen LogP contribution < -0.4 is 52.8 Å². The van der Waals surface area contributed by atoms with E-state index in [1.54, 1.807) is 5.20 Å². The number of benzene rings is 3. The molecule has 0 spiro atoms. The topological polar surface area (TPSA) is 0 Å². The molecule has 3 aromatic rings. The van der Waals surface area contributed by atoms with E-state index in [1.807, 2.05) is 0 Å². The van der Waals surface area contributed by atoms with Crippen LogP contribution in [0.5, 0.6) is 0 Å². The van der Waals surface area contributed by atoms with Gasteiger partial charge >= 0.3 is 21.7 Å². The molecule has 0 atom stereocenters. The third-order valence-electron chi connectivity index (χ3n) is 7.49. The molecule has 5 heteroatoms. The van der Waals surface area contributed by atoms with Crippen molar-refractivity contribution in [2.24, 2.45) is 0 Å². The largest absolute Gasteiger partial charge is 4.00 e. The fraction of sp³-hybridized carbons (Fsp3) is 0.333. The summed E-state index contributed by atoms with van der Waals surface area (Å²) in [4.78, 5) is 0. The molecule has 0 heterocycles. The minimum atomic E-state index is -2.50. The van der Waals surface area contributed by atoms with E-state index in [0.717, 1.165) is 6.42 Å². The molecule has 0 radical (unpaired) electrons. The number of allylic oxidation sites excluding steroid dienone is 4. The Labute approximate surface area is 265 Å². The summed E-state index contributed by atoms with van der Waals surface area (Å²) in [6.45, 7) is 16.1. The quantitative estimate of drug-likeness (QED) is 0.166. The normalized spacial score (nSPS) is 12.7. The van der Waals surface area contributed by atoms with Crippen LogP contribution in [0.4, 0.5) is 0 Å². The fourth-order valence-corrected chi connectivity index (χ4v) is 10.7. The molecule has 0 aromatic heterocycles. The van der Waals surface area contributed by atoms with Crippen LogP contribution in [0.1, 0.15) is 89.3 Å². The molecule has 0 unspecified atom stereocenters. The van der Waals surface area contributed by atoms with Gasteiger partial charge < -0.3 is 37.2 Å². The van der Waals surface area contributed by atoms with Gasteiger partial charge in [0.2, 0.25) is 0 Å². The summed E-state index contributed by atoms with van der Waals surface area (Å²) in [6, 6.07) is 28.5. The summed E-state index contributed by atoms with van der Waals surface area (Å²) in [6.07, 6.45) is 6.82. The molecule has 38 heavy (non-hydrogen) atoms. The molecular formula is C33H39Cl3SiTi. The van der Waals surface area contributed by atoms with Crippen molar-refractivity contribution in [2.45, 2.75) is 72.6 Å². The zero-order valence-corrected chi connectivity index (χ0v) is 28.4. The van der Waals surface area contributed by atoms with Gasteiger partial charge in [-0.2, -0.15) is 6.08 Å². The van der Waals surface area contributed by atoms with Crippen LogP contribution in [0.25, 0.3) is 0 Å². The second-order valence-corrected chi connectivity index (χ2v) is 14.6. The molecule has 1 aliphatic rings. The Morgan fingerprint density at radius 3 is 1.21 bits per heavy atom. The van der Waals surface area contributed by atoms with E-state index in [9.17, 15) is 0 Å². The maximum atomic E-state index is 3.59. The first-order chi connectivity index (χ1) is 16.2. The Bertz CT molecular complexity index is 1120. The van der Waals surface area contributed by atoms with Gasteiger partial charge in [-0.3, -0.25) is 6.08 Å². The molecule has 0 aliphatic heterocycles. The second kappa shape index (κ2) is 15.7. The van der Waals surface area contributed by atoms with Crippen molar-refractivity contribution in [3.8, 4) is 0 Å². The molecule has 3 aromatic carbocycles. The zero-order valence-electron chi connectivity index (χ0n) is 23.6. The van der Waals surface area contributed by atoms with Gasteiger partial charge in [-0.1, -0.05) is 143 Å². The monoisotopic (exact) mass is 616 g/mol. The van der Waals surface area contributed by atoms with Gasteiger partial charge in [0, 0.05) is 0 Å². The molecule has 0 N–H and O–H groups in total. The first kappa shape index (κ1) is 36.9. The number of rotatable bonds is 7. The smallest absolute Gasteiger partial charge is 1.00 e. The minimum absolute atomic E-state index is 0. The fourth-order valence-electron chi connectivity index (χ4n) is 5.40. The molecule has 200 valence electrons. The Hall–Kier alpha value is -1.06. The summed E-state index contributed by atoms with van der Waals surface area (Å²) in [7, 11) is -2.50. The standard InChI is InChI=1S/C33H39Si.3ClH.Ti/c1-23(2)27-13-9-16-30(20-27)34(33-19-8-12-26(33)7,31-17-10-14-28(21-31)24(3)4)32-18-11-15-29(22-32)25(5)6;;;;/h8-11,13-18,20-25H,19H2,1-7H3;3*1H;/q-1;;;;+4/p-3. The summed E-state index contributed by atoms with van der Waals surface area (Å²) in [5.74, 6) is 1.50. The SMILES string of the molecule is CC1=C([Si](c2cccc(C(C)C)c2)(c2cccc(C(C)C)c2)c2cccc(C(C)C)c2)CC=[C-]1.[Cl-].[Cl-].[Cl-].[Ti+4]. The van der Waals surface area contributed by atoms with E-state index >= 15 is 0 Å². The van der Waals surface area contributed by atoms with E-state index < -0.39 is 8.07 Å². The molecule has 0 saturated heterocycles. The van der Waals surface area contributed by atoms with Gasteiger partial charge in [0.1, 0.15) is 0 Å². The van der Waals surface area contributed by atoms with E-state index in [1.165, 1.54) is 37.8 Å². The van der Waals surface area contributed by atoms with E-state index in [2.05, 4.69) is 133 Å². The van der Waals surface area contributed by atoms with Crippen molar-refractivity contribution in [3.63, 3.8) is 0 Å². The van der Waals surface area contributed by atoms with Crippen molar-refractivity contribution in [1.29, 1.82) is 0 Å². The minimum Gasteiger partial charge on any atom is -1.00 e. The average molecular weight is 618 g/mol. The van der Waals surface area contributed by atoms with E-state index in [0.29, 0.717) is 17.8 Å². The van der Waals surface area contributed by atoms with E-state index in [4.69, 9.17) is 0 Å². The van der Waals surface area contributed by atoms with Gasteiger partial charge in [0.05, 0.1) is 8.07 Å². The molecule has 0 saturated carbocycles. The van der Waals surface area contributed by atoms with Crippen molar-refractivity contribution >= 4 is 23.6 Å². The first-order valence-electron chi connectivity index (χ1n) is 12.8. The molecule has 4 rings (SSSR count). The molecule has 0 fully saturated rings. The maximum absolute atomic E-state index is 3.59. The average Bonchev–Trinajstić information content (AvgIpc) is 3.26. The Morgan fingerprint density at radius 2 is 0.947 bits per heavy atom. The zero-order chi connectivity index (χ0) is 24.5. The summed E-state index contributed by atoms with van der Waals surface area (Å²) < 4.78 is 0. The molecule has 1 aliphatic carbocycles. The molecule has 0 amide bonds. The van der Waals surface area contributed by atoms with Crippen LogP contribution in [0.15, 0.2) is 89.6 Å². The van der Waals surface area contributed by atoms with Crippen LogP contribution in [-0.2, 0) is 21.7 Å². The third kappa shape index (κ3) is 7.17. The Kier molecular flexibility index (Phi) is 15.2. The van der Waals surface area contributed by atoms with Crippen LogP contribution in [0.3, 0.4) is 0 Å². The molecule has 0 bridgehead atoms. The first-order valence-corrected chi connectivity index (χ1v) is 14.8. The number of hydrogen-bond acceptors (Lipinski definition) is 0. The van der Waals surface area contributed by atoms with Crippen molar-refractivity contribution in [3.05, 3.63) is 112 Å². The van der Waals surface area contributed by atoms with Crippen LogP contribution >= 0.6 is 0 Å². The molecular weight excluding hydrogens is 579 g/mol. The van der Waals surface area contributed by atoms with Crippen LogP contribution in [0, 0.1) is 6.08 Å². The maximum Gasteiger partial charge on any atom is 4.00 e. The summed E-state index contributed by atoms with van der Waals surface area (Å²) >= 11 is 0. The van der Waals surface area contributed by atoms with Crippen molar-refractivity contribution < 1.29 is 58.9 Å². The number of hydrogen-bond donors (Lipinski definition) is 0. The number of halogens is 3. The third-order valence-corrected chi connectivity index (χ3v) is 12.5. The Balaban J connectivity index is 0.00000342. The summed E-state index contributed by atoms with van der Waals surface area (Å²) in [5.41, 5.74) is 5.58. The van der Waals surface area contributed by atoms with Gasteiger partial charge in [-0.25, -0.2) is 10.8 Å². The van der Waals surface area contributed by atoms with Gasteiger partial charge in [-0.15, -0.1) is 0 Å². The summed E-state index contributed by atoms with van der Waals surface area (Å²) in [5, 5.41) is 6.06. The predicted octanol–water partition coefficient (Wildman–Crippen LogP) is -1.84. The predicted molar refractivity (Wildman–Crippen MR) is 151 cm³/mol. The van der Waals surface area contributed by atoms with Crippen molar-refractivity contribution in [2.75, 3.05) is 0 Å². The van der Waals surface area contributed by atoms with Crippen LogP contribution in [0.2, 0.25) is 0 Å². The Morgan fingerprint density at radius 1 is 0.605 bits per heavy atom. The second-order valence-electron chi connectivity index (χ2n) is 10.7. The molecule has 0 nitrogen and oxygen atoms in total. The van der Waals surface area contributed by atoms with Gasteiger partial charge in [0.25, 0.3) is 0 Å². The van der Waals surface area contributed by atoms with Crippen molar-refractivity contribution in [1.82, 2.24) is 0 Å². The van der Waals surface area contributed by atoms with Gasteiger partial charge in [0.15, 0.2) is 0 Å². The van der Waals surface area contributed by atoms with E-state index in [-0.39, 0.29) is 58.9 Å². The van der Waals surface area contributed by atoms with Gasteiger partial charge in [-0.05, 0) is 34.4 Å². The van der Waals surface area contributed by atoms with Crippen LogP contribution in [-0.4, -0.2) is 8.07 Å².